The molecule has 0 aliphatic carbocycles. The number of aliphatic hydroxyl groups excluding tert-OH is 1. The van der Waals surface area contributed by atoms with Gasteiger partial charge in [-0.05, 0) is 17.5 Å². The molecule has 0 aliphatic heterocycles. The van der Waals surface area contributed by atoms with Crippen LogP contribution in [0.2, 0.25) is 0 Å². The summed E-state index contributed by atoms with van der Waals surface area (Å²) in [5, 5.41) is 10.9. The van der Waals surface area contributed by atoms with Crippen LogP contribution in [0, 0.1) is 5.92 Å². The highest BCUT2D eigenvalue weighted by Gasteiger charge is 2.29. The average molecular weight is 316 g/mol. The van der Waals surface area contributed by atoms with Crippen LogP contribution in [0.1, 0.15) is 27.6 Å². The summed E-state index contributed by atoms with van der Waals surface area (Å²) in [5.74, 6) is -0.548. The molecule has 0 radical (unpaired) electrons. The van der Waals surface area contributed by atoms with Crippen molar-refractivity contribution in [2.45, 2.75) is 12.5 Å². The predicted octanol–water partition coefficient (Wildman–Crippen LogP) is 4.46. The standard InChI is InChI=1S/C22H20O2/c23-21(18-12-6-2-7-13-18)20(16-17-10-4-1-5-11-17)22(24)19-14-8-3-9-15-19/h1-15,20-21,23H,16H2. The Morgan fingerprint density at radius 3 is 1.83 bits per heavy atom. The molecule has 0 fully saturated rings. The van der Waals surface area contributed by atoms with Crippen LogP contribution in [-0.2, 0) is 6.42 Å². The summed E-state index contributed by atoms with van der Waals surface area (Å²) < 4.78 is 0. The third-order valence-electron chi connectivity index (χ3n) is 4.22. The van der Waals surface area contributed by atoms with Gasteiger partial charge in [-0.3, -0.25) is 4.79 Å². The van der Waals surface area contributed by atoms with Gasteiger partial charge in [0.05, 0.1) is 12.0 Å². The SMILES string of the molecule is O=C(c1ccccc1)C(Cc1ccccc1)C(O)c1ccccc1. The first-order chi connectivity index (χ1) is 11.8. The fraction of sp³-hybridized carbons (Fsp3) is 0.136. The molecule has 3 aromatic rings. The van der Waals surface area contributed by atoms with E-state index in [2.05, 4.69) is 0 Å². The van der Waals surface area contributed by atoms with Crippen molar-refractivity contribution >= 4 is 5.78 Å². The monoisotopic (exact) mass is 316 g/mol. The van der Waals surface area contributed by atoms with Gasteiger partial charge in [-0.1, -0.05) is 91.0 Å². The molecule has 0 saturated heterocycles. The zero-order chi connectivity index (χ0) is 16.8. The first kappa shape index (κ1) is 16.2. The quantitative estimate of drug-likeness (QED) is 0.682. The minimum absolute atomic E-state index is 0.0317. The largest absolute Gasteiger partial charge is 0.388 e. The van der Waals surface area contributed by atoms with Crippen LogP contribution in [0.4, 0.5) is 0 Å². The third-order valence-corrected chi connectivity index (χ3v) is 4.22. The number of rotatable bonds is 6. The van der Waals surface area contributed by atoms with Crippen molar-refractivity contribution in [3.8, 4) is 0 Å². The molecule has 2 atom stereocenters. The zero-order valence-electron chi connectivity index (χ0n) is 13.4. The first-order valence-electron chi connectivity index (χ1n) is 8.12. The van der Waals surface area contributed by atoms with Gasteiger partial charge in [0, 0.05) is 5.56 Å². The summed E-state index contributed by atoms with van der Waals surface area (Å²) >= 11 is 0. The molecule has 2 nitrogen and oxygen atoms in total. The fourth-order valence-corrected chi connectivity index (χ4v) is 2.91. The Bertz CT molecular complexity index is 767. The van der Waals surface area contributed by atoms with Crippen LogP contribution < -0.4 is 0 Å². The second-order valence-corrected chi connectivity index (χ2v) is 5.88. The van der Waals surface area contributed by atoms with Gasteiger partial charge < -0.3 is 5.11 Å². The first-order valence-corrected chi connectivity index (χ1v) is 8.12. The Kier molecular flexibility index (Phi) is 5.19. The topological polar surface area (TPSA) is 37.3 Å². The van der Waals surface area contributed by atoms with Crippen molar-refractivity contribution in [1.82, 2.24) is 0 Å². The van der Waals surface area contributed by atoms with Gasteiger partial charge in [0.2, 0.25) is 0 Å². The summed E-state index contributed by atoms with van der Waals surface area (Å²) in [7, 11) is 0. The number of carbonyl (C=O) groups excluding carboxylic acids is 1. The molecular formula is C22H20O2. The predicted molar refractivity (Wildman–Crippen MR) is 95.8 cm³/mol. The van der Waals surface area contributed by atoms with E-state index in [0.29, 0.717) is 12.0 Å². The van der Waals surface area contributed by atoms with Crippen molar-refractivity contribution in [1.29, 1.82) is 0 Å². The van der Waals surface area contributed by atoms with Crippen molar-refractivity contribution < 1.29 is 9.90 Å². The van der Waals surface area contributed by atoms with E-state index in [4.69, 9.17) is 0 Å². The van der Waals surface area contributed by atoms with E-state index in [1.165, 1.54) is 0 Å². The number of benzene rings is 3. The summed E-state index contributed by atoms with van der Waals surface area (Å²) in [4.78, 5) is 13.0. The molecule has 0 saturated carbocycles. The molecular weight excluding hydrogens is 296 g/mol. The van der Waals surface area contributed by atoms with Gasteiger partial charge in [0.1, 0.15) is 0 Å². The van der Waals surface area contributed by atoms with Crippen LogP contribution in [0.15, 0.2) is 91.0 Å². The van der Waals surface area contributed by atoms with E-state index in [9.17, 15) is 9.90 Å². The van der Waals surface area contributed by atoms with Crippen LogP contribution in [0.5, 0.6) is 0 Å². The maximum absolute atomic E-state index is 13.0. The fourth-order valence-electron chi connectivity index (χ4n) is 2.91. The molecule has 1 N–H and O–H groups in total. The highest BCUT2D eigenvalue weighted by Crippen LogP contribution is 2.28. The van der Waals surface area contributed by atoms with Crippen molar-refractivity contribution in [2.75, 3.05) is 0 Å². The van der Waals surface area contributed by atoms with E-state index < -0.39 is 12.0 Å². The number of ketones is 1. The minimum Gasteiger partial charge on any atom is -0.388 e. The van der Waals surface area contributed by atoms with E-state index in [0.717, 1.165) is 11.1 Å². The van der Waals surface area contributed by atoms with Crippen LogP contribution in [0.25, 0.3) is 0 Å². The number of carbonyl (C=O) groups is 1. The molecule has 3 rings (SSSR count). The number of hydrogen-bond donors (Lipinski definition) is 1. The number of aliphatic hydroxyl groups is 1. The van der Waals surface area contributed by atoms with Crippen molar-refractivity contribution in [2.24, 2.45) is 5.92 Å². The Labute approximate surface area is 142 Å². The highest BCUT2D eigenvalue weighted by atomic mass is 16.3. The molecule has 2 unspecified atom stereocenters. The highest BCUT2D eigenvalue weighted by molar-refractivity contribution is 5.98. The average Bonchev–Trinajstić information content (AvgIpc) is 2.67. The van der Waals surface area contributed by atoms with Crippen LogP contribution >= 0.6 is 0 Å². The summed E-state index contributed by atoms with van der Waals surface area (Å²) in [6, 6.07) is 28.4. The maximum Gasteiger partial charge on any atom is 0.169 e. The molecule has 2 heteroatoms. The molecule has 0 aromatic heterocycles. The van der Waals surface area contributed by atoms with Gasteiger partial charge in [0.25, 0.3) is 0 Å². The molecule has 0 spiro atoms. The molecule has 0 heterocycles. The molecule has 0 bridgehead atoms. The lowest BCUT2D eigenvalue weighted by molar-refractivity contribution is 0.0676. The second kappa shape index (κ2) is 7.71. The van der Waals surface area contributed by atoms with Gasteiger partial charge in [-0.15, -0.1) is 0 Å². The van der Waals surface area contributed by atoms with E-state index in [1.807, 2.05) is 78.9 Å². The molecule has 24 heavy (non-hydrogen) atoms. The van der Waals surface area contributed by atoms with E-state index >= 15 is 0 Å². The smallest absolute Gasteiger partial charge is 0.169 e. The van der Waals surface area contributed by atoms with Gasteiger partial charge in [-0.2, -0.15) is 0 Å². The normalized spacial score (nSPS) is 13.2. The van der Waals surface area contributed by atoms with Crippen molar-refractivity contribution in [3.05, 3.63) is 108 Å². The van der Waals surface area contributed by atoms with E-state index in [1.54, 1.807) is 12.1 Å². The Morgan fingerprint density at radius 1 is 0.750 bits per heavy atom. The number of hydrogen-bond acceptors (Lipinski definition) is 2. The molecule has 120 valence electrons. The lowest BCUT2D eigenvalue weighted by Crippen LogP contribution is -2.25. The van der Waals surface area contributed by atoms with Gasteiger partial charge in [-0.25, -0.2) is 0 Å². The lowest BCUT2D eigenvalue weighted by atomic mass is 9.84. The van der Waals surface area contributed by atoms with Crippen LogP contribution in [0.3, 0.4) is 0 Å². The summed E-state index contributed by atoms with van der Waals surface area (Å²) in [6.45, 7) is 0. The summed E-state index contributed by atoms with van der Waals surface area (Å²) in [5.41, 5.74) is 2.44. The maximum atomic E-state index is 13.0. The lowest BCUT2D eigenvalue weighted by Gasteiger charge is -2.22. The Balaban J connectivity index is 1.93. The van der Waals surface area contributed by atoms with E-state index in [-0.39, 0.29) is 5.78 Å². The zero-order valence-corrected chi connectivity index (χ0v) is 13.4. The van der Waals surface area contributed by atoms with Crippen LogP contribution in [-0.4, -0.2) is 10.9 Å². The third kappa shape index (κ3) is 3.79. The summed E-state index contributed by atoms with van der Waals surface area (Å²) in [6.07, 6.45) is -0.330. The number of Topliss-reactive ketones (excluding diaryl/α,β-unsaturated/α-hetero) is 1. The molecule has 0 aliphatic rings. The minimum atomic E-state index is -0.834. The Hall–Kier alpha value is -2.71. The van der Waals surface area contributed by atoms with Crippen molar-refractivity contribution in [3.63, 3.8) is 0 Å². The van der Waals surface area contributed by atoms with Gasteiger partial charge in [0.15, 0.2) is 5.78 Å². The second-order valence-electron chi connectivity index (χ2n) is 5.88. The Morgan fingerprint density at radius 2 is 1.25 bits per heavy atom. The van der Waals surface area contributed by atoms with Gasteiger partial charge >= 0.3 is 0 Å². The molecule has 3 aromatic carbocycles. The molecule has 0 amide bonds.